The van der Waals surface area contributed by atoms with Crippen LogP contribution in [-0.4, -0.2) is 19.9 Å². The van der Waals surface area contributed by atoms with E-state index in [1.807, 2.05) is 6.92 Å². The van der Waals surface area contributed by atoms with Gasteiger partial charge in [-0.25, -0.2) is 15.0 Å². The van der Waals surface area contributed by atoms with Crippen molar-refractivity contribution in [2.45, 2.75) is 6.92 Å². The fraction of sp³-hybridized carbons (Fsp3) is 0.167. The van der Waals surface area contributed by atoms with Crippen LogP contribution in [0.2, 0.25) is 0 Å². The van der Waals surface area contributed by atoms with Gasteiger partial charge in [0.2, 0.25) is 0 Å². The quantitative estimate of drug-likeness (QED) is 0.585. The van der Waals surface area contributed by atoms with Gasteiger partial charge < -0.3 is 4.98 Å². The van der Waals surface area contributed by atoms with Crippen molar-refractivity contribution in [2.24, 2.45) is 0 Å². The molecule has 2 aromatic rings. The number of rotatable bonds is 0. The van der Waals surface area contributed by atoms with Gasteiger partial charge in [0.1, 0.15) is 0 Å². The van der Waals surface area contributed by atoms with Crippen LogP contribution < -0.4 is 0 Å². The Morgan fingerprint density at radius 1 is 1.50 bits per heavy atom. The van der Waals surface area contributed by atoms with Crippen molar-refractivity contribution in [3.63, 3.8) is 0 Å². The maximum atomic E-state index is 4.16. The van der Waals surface area contributed by atoms with Crippen molar-refractivity contribution in [3.05, 3.63) is 18.2 Å². The van der Waals surface area contributed by atoms with Crippen LogP contribution in [-0.2, 0) is 0 Å². The predicted molar refractivity (Wildman–Crippen MR) is 38.5 cm³/mol. The minimum absolute atomic E-state index is 0. The smallest absolute Gasteiger partial charge is 0.197 e. The number of fused-ring (bicyclic) bond motifs is 1. The third-order valence-corrected chi connectivity index (χ3v) is 1.26. The molecule has 0 spiro atoms. The highest BCUT2D eigenvalue weighted by Gasteiger charge is 1.95. The zero-order valence-corrected chi connectivity index (χ0v) is 5.50. The third kappa shape index (κ3) is 0.655. The topological polar surface area (TPSA) is 54.5 Å². The molecular formula is C6H8N4. The summed E-state index contributed by atoms with van der Waals surface area (Å²) >= 11 is 0. The number of aromatic amines is 1. The van der Waals surface area contributed by atoms with Crippen LogP contribution in [0.1, 0.15) is 7.12 Å². The fourth-order valence-electron chi connectivity index (χ4n) is 0.817. The molecule has 2 rings (SSSR count). The molecule has 0 unspecified atom stereocenters. The summed E-state index contributed by atoms with van der Waals surface area (Å²) in [5, 5.41) is 0. The SMILES string of the molecule is Cc1cnc2nc[nH]c2n1.[HH]. The van der Waals surface area contributed by atoms with Crippen molar-refractivity contribution in [1.29, 1.82) is 0 Å². The lowest BCUT2D eigenvalue weighted by atomic mass is 10.5. The lowest BCUT2D eigenvalue weighted by molar-refractivity contribution is 1.16. The number of aromatic nitrogens is 4. The van der Waals surface area contributed by atoms with E-state index in [1.54, 1.807) is 12.5 Å². The zero-order chi connectivity index (χ0) is 6.97. The van der Waals surface area contributed by atoms with Crippen molar-refractivity contribution in [3.8, 4) is 0 Å². The molecule has 52 valence electrons. The number of nitrogens with zero attached hydrogens (tertiary/aromatic N) is 3. The first-order valence-electron chi connectivity index (χ1n) is 2.99. The summed E-state index contributed by atoms with van der Waals surface area (Å²) in [7, 11) is 0. The van der Waals surface area contributed by atoms with E-state index in [2.05, 4.69) is 19.9 Å². The largest absolute Gasteiger partial charge is 0.328 e. The Morgan fingerprint density at radius 3 is 3.30 bits per heavy atom. The highest BCUT2D eigenvalue weighted by Crippen LogP contribution is 2.00. The lowest BCUT2D eigenvalue weighted by Crippen LogP contribution is -1.84. The molecule has 10 heavy (non-hydrogen) atoms. The molecule has 0 radical (unpaired) electrons. The maximum absolute atomic E-state index is 4.16. The molecule has 0 atom stereocenters. The number of H-pyrrole nitrogens is 1. The standard InChI is InChI=1S/C6H6N4.H2/c1-4-2-7-5-6(10-4)9-3-8-5;/h2-3H,1H3,(H,7,8,9,10);1H. The van der Waals surface area contributed by atoms with Crippen molar-refractivity contribution < 1.29 is 1.43 Å². The molecule has 0 amide bonds. The van der Waals surface area contributed by atoms with Crippen LogP contribution in [0.4, 0.5) is 0 Å². The van der Waals surface area contributed by atoms with Gasteiger partial charge in [-0.15, -0.1) is 0 Å². The van der Waals surface area contributed by atoms with Gasteiger partial charge in [-0.3, -0.25) is 0 Å². The molecule has 0 aliphatic heterocycles. The first kappa shape index (κ1) is 5.34. The number of imidazole rings is 1. The third-order valence-electron chi connectivity index (χ3n) is 1.26. The summed E-state index contributed by atoms with van der Waals surface area (Å²) in [5.41, 5.74) is 2.32. The summed E-state index contributed by atoms with van der Waals surface area (Å²) in [6.45, 7) is 1.90. The number of hydrogen-bond donors (Lipinski definition) is 1. The molecule has 0 saturated heterocycles. The fourth-order valence-corrected chi connectivity index (χ4v) is 0.817. The average Bonchev–Trinajstić information content (AvgIpc) is 2.33. The minimum Gasteiger partial charge on any atom is -0.328 e. The Kier molecular flexibility index (Phi) is 0.943. The van der Waals surface area contributed by atoms with Gasteiger partial charge in [-0.05, 0) is 6.92 Å². The molecule has 0 aliphatic carbocycles. The minimum atomic E-state index is 0. The Balaban J connectivity index is 0.000000605. The number of aryl methyl sites for hydroxylation is 1. The second-order valence-electron chi connectivity index (χ2n) is 2.09. The molecule has 0 saturated carbocycles. The van der Waals surface area contributed by atoms with E-state index in [0.717, 1.165) is 11.3 Å². The monoisotopic (exact) mass is 136 g/mol. The Morgan fingerprint density at radius 2 is 2.40 bits per heavy atom. The number of hydrogen-bond acceptors (Lipinski definition) is 3. The van der Waals surface area contributed by atoms with Crippen LogP contribution in [0.3, 0.4) is 0 Å². The van der Waals surface area contributed by atoms with Crippen molar-refractivity contribution in [1.82, 2.24) is 19.9 Å². The predicted octanol–water partition coefficient (Wildman–Crippen LogP) is 0.907. The molecular weight excluding hydrogens is 128 g/mol. The molecule has 2 aromatic heterocycles. The second kappa shape index (κ2) is 1.76. The van der Waals surface area contributed by atoms with Crippen LogP contribution in [0.15, 0.2) is 12.5 Å². The van der Waals surface area contributed by atoms with Crippen LogP contribution in [0.5, 0.6) is 0 Å². The second-order valence-corrected chi connectivity index (χ2v) is 2.09. The molecule has 2 heterocycles. The highest BCUT2D eigenvalue weighted by atomic mass is 15.0. The molecule has 0 aromatic carbocycles. The van der Waals surface area contributed by atoms with E-state index in [0.29, 0.717) is 5.65 Å². The molecule has 4 nitrogen and oxygen atoms in total. The van der Waals surface area contributed by atoms with E-state index in [4.69, 9.17) is 0 Å². The maximum Gasteiger partial charge on any atom is 0.197 e. The first-order chi connectivity index (χ1) is 4.86. The van der Waals surface area contributed by atoms with Gasteiger partial charge in [0.25, 0.3) is 0 Å². The summed E-state index contributed by atoms with van der Waals surface area (Å²) in [6.07, 6.45) is 3.28. The normalized spacial score (nSPS) is 10.5. The average molecular weight is 136 g/mol. The van der Waals surface area contributed by atoms with E-state index >= 15 is 0 Å². The molecule has 0 aliphatic rings. The molecule has 1 N–H and O–H groups in total. The molecule has 0 bridgehead atoms. The van der Waals surface area contributed by atoms with Crippen LogP contribution >= 0.6 is 0 Å². The van der Waals surface area contributed by atoms with Crippen LogP contribution in [0.25, 0.3) is 11.3 Å². The summed E-state index contributed by atoms with van der Waals surface area (Å²) in [6, 6.07) is 0. The number of nitrogens with one attached hydrogen (secondary N) is 1. The van der Waals surface area contributed by atoms with E-state index in [9.17, 15) is 0 Å². The van der Waals surface area contributed by atoms with Gasteiger partial charge in [0.15, 0.2) is 11.3 Å². The lowest BCUT2D eigenvalue weighted by Gasteiger charge is -1.87. The summed E-state index contributed by atoms with van der Waals surface area (Å²) in [5.74, 6) is 0. The zero-order valence-electron chi connectivity index (χ0n) is 5.50. The Hall–Kier alpha value is -1.45. The van der Waals surface area contributed by atoms with Gasteiger partial charge in [0, 0.05) is 1.43 Å². The van der Waals surface area contributed by atoms with Gasteiger partial charge in [0.05, 0.1) is 18.2 Å². The van der Waals surface area contributed by atoms with E-state index in [1.165, 1.54) is 0 Å². The van der Waals surface area contributed by atoms with Gasteiger partial charge in [-0.2, -0.15) is 0 Å². The first-order valence-corrected chi connectivity index (χ1v) is 2.99. The van der Waals surface area contributed by atoms with Gasteiger partial charge >= 0.3 is 0 Å². The Bertz CT molecular complexity index is 356. The Labute approximate surface area is 58.8 Å². The van der Waals surface area contributed by atoms with E-state index < -0.39 is 0 Å². The summed E-state index contributed by atoms with van der Waals surface area (Å²) in [4.78, 5) is 15.0. The summed E-state index contributed by atoms with van der Waals surface area (Å²) < 4.78 is 0. The van der Waals surface area contributed by atoms with Gasteiger partial charge in [-0.1, -0.05) is 0 Å². The van der Waals surface area contributed by atoms with Crippen molar-refractivity contribution in [2.75, 3.05) is 0 Å². The van der Waals surface area contributed by atoms with E-state index in [-0.39, 0.29) is 1.43 Å². The highest BCUT2D eigenvalue weighted by molar-refractivity contribution is 5.63. The van der Waals surface area contributed by atoms with Crippen LogP contribution in [0, 0.1) is 6.92 Å². The van der Waals surface area contributed by atoms with Crippen molar-refractivity contribution >= 4 is 11.3 Å². The molecule has 4 heteroatoms. The molecule has 0 fully saturated rings.